The van der Waals surface area contributed by atoms with Crippen LogP contribution in [0.25, 0.3) is 0 Å². The minimum absolute atomic E-state index is 0.0588. The number of nitrogens with zero attached hydrogens (tertiary/aromatic N) is 3. The molecule has 1 amide bonds. The van der Waals surface area contributed by atoms with Crippen LogP contribution in [0.4, 0.5) is 0 Å². The number of rotatable bonds is 5. The minimum atomic E-state index is -0.996. The number of aryl methyl sites for hydroxylation is 2. The van der Waals surface area contributed by atoms with Crippen molar-refractivity contribution >= 4 is 11.9 Å². The number of carboxylic acids is 1. The largest absolute Gasteiger partial charge is 0.479 e. The van der Waals surface area contributed by atoms with E-state index >= 15 is 0 Å². The van der Waals surface area contributed by atoms with E-state index in [9.17, 15) is 14.7 Å². The Bertz CT molecular complexity index is 505. The number of hydrogen-bond acceptors (Lipinski definition) is 3. The van der Waals surface area contributed by atoms with Gasteiger partial charge in [0.15, 0.2) is 6.04 Å². The molecule has 6 heteroatoms. The van der Waals surface area contributed by atoms with Crippen molar-refractivity contribution in [3.63, 3.8) is 0 Å². The number of aliphatic carboxylic acids is 1. The smallest absolute Gasteiger partial charge is 0.331 e. The summed E-state index contributed by atoms with van der Waals surface area (Å²) in [6.07, 6.45) is 4.11. The molecule has 1 aliphatic carbocycles. The van der Waals surface area contributed by atoms with E-state index in [2.05, 4.69) is 5.10 Å². The second-order valence-corrected chi connectivity index (χ2v) is 4.96. The molecular formula is C13H19N3O3. The summed E-state index contributed by atoms with van der Waals surface area (Å²) in [5.41, 5.74) is 1.36. The van der Waals surface area contributed by atoms with Crippen molar-refractivity contribution in [3.8, 4) is 0 Å². The molecule has 1 heterocycles. The topological polar surface area (TPSA) is 75.4 Å². The molecule has 0 bridgehead atoms. The molecule has 1 saturated carbocycles. The van der Waals surface area contributed by atoms with Gasteiger partial charge in [-0.1, -0.05) is 6.92 Å². The summed E-state index contributed by atoms with van der Waals surface area (Å²) in [5, 5.41) is 13.8. The minimum Gasteiger partial charge on any atom is -0.479 e. The molecule has 0 aliphatic heterocycles. The van der Waals surface area contributed by atoms with Gasteiger partial charge in [-0.25, -0.2) is 4.79 Å². The summed E-state index contributed by atoms with van der Waals surface area (Å²) < 4.78 is 1.61. The molecule has 1 aromatic heterocycles. The quantitative estimate of drug-likeness (QED) is 0.865. The van der Waals surface area contributed by atoms with Crippen LogP contribution in [0.1, 0.15) is 44.0 Å². The van der Waals surface area contributed by atoms with Gasteiger partial charge in [0.1, 0.15) is 0 Å². The first kappa shape index (κ1) is 13.6. The molecule has 0 spiro atoms. The first-order valence-corrected chi connectivity index (χ1v) is 6.49. The third-order valence-electron chi connectivity index (χ3n) is 3.38. The van der Waals surface area contributed by atoms with Gasteiger partial charge < -0.3 is 10.0 Å². The van der Waals surface area contributed by atoms with Crippen LogP contribution >= 0.6 is 0 Å². The number of amides is 1. The maximum Gasteiger partial charge on any atom is 0.331 e. The number of carbonyl (C=O) groups excluding carboxylic acids is 1. The van der Waals surface area contributed by atoms with Crippen LogP contribution in [0.5, 0.6) is 0 Å². The number of hydrogen-bond donors (Lipinski definition) is 1. The number of aromatic nitrogens is 2. The molecule has 104 valence electrons. The molecule has 1 unspecified atom stereocenters. The maximum atomic E-state index is 11.8. The lowest BCUT2D eigenvalue weighted by Crippen LogP contribution is -2.39. The fraction of sp³-hybridized carbons (Fsp3) is 0.615. The zero-order valence-electron chi connectivity index (χ0n) is 11.5. The molecule has 0 aromatic carbocycles. The fourth-order valence-electron chi connectivity index (χ4n) is 2.46. The normalized spacial score (nSPS) is 16.2. The Morgan fingerprint density at radius 3 is 2.63 bits per heavy atom. The Labute approximate surface area is 112 Å². The highest BCUT2D eigenvalue weighted by Crippen LogP contribution is 2.35. The highest BCUT2D eigenvalue weighted by Gasteiger charge is 2.41. The Hall–Kier alpha value is -1.85. The van der Waals surface area contributed by atoms with Crippen molar-refractivity contribution in [3.05, 3.63) is 17.5 Å². The van der Waals surface area contributed by atoms with Crippen molar-refractivity contribution in [1.29, 1.82) is 0 Å². The summed E-state index contributed by atoms with van der Waals surface area (Å²) >= 11 is 0. The van der Waals surface area contributed by atoms with Crippen molar-refractivity contribution in [1.82, 2.24) is 14.7 Å². The maximum absolute atomic E-state index is 11.8. The van der Waals surface area contributed by atoms with E-state index in [0.29, 0.717) is 12.0 Å². The molecule has 1 aliphatic rings. The van der Waals surface area contributed by atoms with E-state index in [0.717, 1.165) is 18.5 Å². The van der Waals surface area contributed by atoms with Crippen LogP contribution < -0.4 is 0 Å². The summed E-state index contributed by atoms with van der Waals surface area (Å²) in [4.78, 5) is 24.9. The molecule has 2 rings (SSSR count). The first-order chi connectivity index (χ1) is 8.95. The van der Waals surface area contributed by atoms with Crippen LogP contribution in [-0.4, -0.2) is 37.7 Å². The Balaban J connectivity index is 2.43. The molecule has 1 aromatic rings. The van der Waals surface area contributed by atoms with Gasteiger partial charge in [0.05, 0.1) is 5.69 Å². The van der Waals surface area contributed by atoms with Crippen LogP contribution in [0.15, 0.2) is 6.20 Å². The van der Waals surface area contributed by atoms with Crippen molar-refractivity contribution in [2.75, 3.05) is 0 Å². The Morgan fingerprint density at radius 1 is 1.58 bits per heavy atom. The van der Waals surface area contributed by atoms with Crippen LogP contribution in [0.3, 0.4) is 0 Å². The fourth-order valence-corrected chi connectivity index (χ4v) is 2.46. The lowest BCUT2D eigenvalue weighted by Gasteiger charge is -2.27. The van der Waals surface area contributed by atoms with Crippen LogP contribution in [-0.2, 0) is 23.1 Å². The zero-order valence-corrected chi connectivity index (χ0v) is 11.5. The van der Waals surface area contributed by atoms with Gasteiger partial charge in [-0.15, -0.1) is 0 Å². The SMILES string of the molecule is CCc1nn(C)cc1C(C(=O)O)N(C(C)=O)C1CC1. The highest BCUT2D eigenvalue weighted by atomic mass is 16.4. The van der Waals surface area contributed by atoms with Gasteiger partial charge in [-0.2, -0.15) is 5.10 Å². The van der Waals surface area contributed by atoms with E-state index in [-0.39, 0.29) is 11.9 Å². The van der Waals surface area contributed by atoms with E-state index in [1.54, 1.807) is 17.9 Å². The van der Waals surface area contributed by atoms with Gasteiger partial charge in [0, 0.05) is 31.8 Å². The highest BCUT2D eigenvalue weighted by molar-refractivity contribution is 5.84. The lowest BCUT2D eigenvalue weighted by atomic mass is 10.0. The molecule has 19 heavy (non-hydrogen) atoms. The predicted octanol–water partition coefficient (Wildman–Crippen LogP) is 1.12. The average Bonchev–Trinajstić information content (AvgIpc) is 3.08. The summed E-state index contributed by atoms with van der Waals surface area (Å²) in [5.74, 6) is -1.19. The summed E-state index contributed by atoms with van der Waals surface area (Å²) in [7, 11) is 1.76. The summed E-state index contributed by atoms with van der Waals surface area (Å²) in [6, 6.07) is -0.864. The van der Waals surface area contributed by atoms with Crippen molar-refractivity contribution in [2.45, 2.75) is 45.2 Å². The van der Waals surface area contributed by atoms with Gasteiger partial charge in [-0.05, 0) is 19.3 Å². The number of carboxylic acid groups (broad SMARTS) is 1. The van der Waals surface area contributed by atoms with Crippen LogP contribution in [0.2, 0.25) is 0 Å². The van der Waals surface area contributed by atoms with Crippen molar-refractivity contribution < 1.29 is 14.7 Å². The van der Waals surface area contributed by atoms with E-state index in [1.807, 2.05) is 6.92 Å². The molecule has 0 radical (unpaired) electrons. The molecule has 1 N–H and O–H groups in total. The van der Waals surface area contributed by atoms with Gasteiger partial charge in [0.2, 0.25) is 5.91 Å². The Morgan fingerprint density at radius 2 is 2.21 bits per heavy atom. The van der Waals surface area contributed by atoms with Gasteiger partial charge in [0.25, 0.3) is 0 Å². The average molecular weight is 265 g/mol. The van der Waals surface area contributed by atoms with Gasteiger partial charge >= 0.3 is 5.97 Å². The summed E-state index contributed by atoms with van der Waals surface area (Å²) in [6.45, 7) is 3.36. The molecule has 1 atom stereocenters. The van der Waals surface area contributed by atoms with E-state index in [4.69, 9.17) is 0 Å². The Kier molecular flexibility index (Phi) is 3.59. The van der Waals surface area contributed by atoms with E-state index < -0.39 is 12.0 Å². The van der Waals surface area contributed by atoms with Crippen molar-refractivity contribution in [2.24, 2.45) is 7.05 Å². The standard InChI is InChI=1S/C13H19N3O3/c1-4-11-10(7-15(3)14-11)12(13(18)19)16(8(2)17)9-5-6-9/h7,9,12H,4-6H2,1-3H3,(H,18,19). The third kappa shape index (κ3) is 2.62. The third-order valence-corrected chi connectivity index (χ3v) is 3.38. The first-order valence-electron chi connectivity index (χ1n) is 6.49. The monoisotopic (exact) mass is 265 g/mol. The molecular weight excluding hydrogens is 246 g/mol. The second-order valence-electron chi connectivity index (χ2n) is 4.96. The number of carbonyl (C=O) groups is 2. The molecule has 1 fully saturated rings. The predicted molar refractivity (Wildman–Crippen MR) is 68.5 cm³/mol. The molecule has 6 nitrogen and oxygen atoms in total. The molecule has 0 saturated heterocycles. The second kappa shape index (κ2) is 5.03. The van der Waals surface area contributed by atoms with Gasteiger partial charge in [-0.3, -0.25) is 9.48 Å². The van der Waals surface area contributed by atoms with E-state index in [1.165, 1.54) is 11.8 Å². The lowest BCUT2D eigenvalue weighted by molar-refractivity contribution is -0.150. The zero-order chi connectivity index (χ0) is 14.2. The van der Waals surface area contributed by atoms with Crippen LogP contribution in [0, 0.1) is 0 Å².